The van der Waals surface area contributed by atoms with E-state index in [0.717, 1.165) is 12.1 Å². The van der Waals surface area contributed by atoms with Gasteiger partial charge in [-0.05, 0) is 52.7 Å². The molecule has 2 aromatic rings. The van der Waals surface area contributed by atoms with E-state index in [1.54, 1.807) is 25.1 Å². The van der Waals surface area contributed by atoms with Crippen molar-refractivity contribution in [2.24, 2.45) is 0 Å². The number of hydrogen-bond acceptors (Lipinski definition) is 1. The van der Waals surface area contributed by atoms with Crippen LogP contribution < -0.4 is 5.32 Å². The number of anilines is 1. The third-order valence-corrected chi connectivity index (χ3v) is 3.70. The van der Waals surface area contributed by atoms with Crippen molar-refractivity contribution in [2.75, 3.05) is 5.32 Å². The van der Waals surface area contributed by atoms with Gasteiger partial charge in [-0.15, -0.1) is 0 Å². The van der Waals surface area contributed by atoms with E-state index in [1.165, 1.54) is 12.1 Å². The van der Waals surface area contributed by atoms with Gasteiger partial charge in [0.05, 0.1) is 11.3 Å². The number of para-hydroxylation sites is 1. The number of halogens is 5. The van der Waals surface area contributed by atoms with E-state index < -0.39 is 23.6 Å². The predicted octanol–water partition coefficient (Wildman–Crippen LogP) is 5.78. The van der Waals surface area contributed by atoms with Gasteiger partial charge in [0, 0.05) is 10.5 Å². The molecule has 1 atom stereocenters. The summed E-state index contributed by atoms with van der Waals surface area (Å²) in [5.41, 5.74) is -0.0661. The van der Waals surface area contributed by atoms with E-state index in [9.17, 15) is 17.6 Å². The summed E-state index contributed by atoms with van der Waals surface area (Å²) in [6.45, 7) is 1.67. The lowest BCUT2D eigenvalue weighted by Crippen LogP contribution is -2.11. The first kappa shape index (κ1) is 15.8. The first-order valence-corrected chi connectivity index (χ1v) is 6.96. The molecule has 0 spiro atoms. The molecule has 2 rings (SSSR count). The smallest absolute Gasteiger partial charge is 0.375 e. The molecule has 0 aliphatic carbocycles. The molecule has 2 aromatic carbocycles. The molecule has 1 N–H and O–H groups in total. The Labute approximate surface area is 128 Å². The van der Waals surface area contributed by atoms with Crippen LogP contribution in [0.15, 0.2) is 46.9 Å². The molecule has 21 heavy (non-hydrogen) atoms. The van der Waals surface area contributed by atoms with Crippen LogP contribution in [0.5, 0.6) is 0 Å². The van der Waals surface area contributed by atoms with E-state index in [1.807, 2.05) is 0 Å². The first-order chi connectivity index (χ1) is 9.79. The van der Waals surface area contributed by atoms with E-state index in [-0.39, 0.29) is 5.69 Å². The first-order valence-electron chi connectivity index (χ1n) is 6.16. The topological polar surface area (TPSA) is 12.0 Å². The summed E-state index contributed by atoms with van der Waals surface area (Å²) >= 11 is 3.21. The van der Waals surface area contributed by atoms with E-state index in [0.29, 0.717) is 10.0 Å². The van der Waals surface area contributed by atoms with Crippen LogP contribution >= 0.6 is 15.9 Å². The highest BCUT2D eigenvalue weighted by atomic mass is 79.9. The summed E-state index contributed by atoms with van der Waals surface area (Å²) in [4.78, 5) is 0. The molecule has 1 unspecified atom stereocenters. The fourth-order valence-corrected chi connectivity index (χ4v) is 2.38. The number of rotatable bonds is 3. The lowest BCUT2D eigenvalue weighted by atomic mass is 10.0. The van der Waals surface area contributed by atoms with Crippen molar-refractivity contribution < 1.29 is 17.6 Å². The van der Waals surface area contributed by atoms with Gasteiger partial charge < -0.3 is 5.32 Å². The molecule has 0 aliphatic heterocycles. The maximum Gasteiger partial charge on any atom is 0.416 e. The van der Waals surface area contributed by atoms with E-state index >= 15 is 0 Å². The monoisotopic (exact) mass is 361 g/mol. The highest BCUT2D eigenvalue weighted by molar-refractivity contribution is 9.10. The van der Waals surface area contributed by atoms with Crippen LogP contribution in [0.25, 0.3) is 0 Å². The van der Waals surface area contributed by atoms with Crippen molar-refractivity contribution in [1.29, 1.82) is 0 Å². The van der Waals surface area contributed by atoms with Crippen LogP contribution in [0.4, 0.5) is 23.2 Å². The lowest BCUT2D eigenvalue weighted by molar-refractivity contribution is -0.137. The third-order valence-electron chi connectivity index (χ3n) is 3.04. The number of benzene rings is 2. The van der Waals surface area contributed by atoms with Gasteiger partial charge in [0.25, 0.3) is 0 Å². The Hall–Kier alpha value is -1.56. The number of alkyl halides is 3. The molecule has 0 radical (unpaired) electrons. The highest BCUT2D eigenvalue weighted by Crippen LogP contribution is 2.33. The summed E-state index contributed by atoms with van der Waals surface area (Å²) in [5.74, 6) is -0.469. The average molecular weight is 362 g/mol. The fourth-order valence-electron chi connectivity index (χ4n) is 1.92. The van der Waals surface area contributed by atoms with Gasteiger partial charge in [0.15, 0.2) is 0 Å². The maximum absolute atomic E-state index is 13.7. The zero-order valence-electron chi connectivity index (χ0n) is 11.0. The molecular weight excluding hydrogens is 350 g/mol. The molecule has 0 saturated heterocycles. The second-order valence-electron chi connectivity index (χ2n) is 4.59. The quantitative estimate of drug-likeness (QED) is 0.683. The lowest BCUT2D eigenvalue weighted by Gasteiger charge is -2.18. The summed E-state index contributed by atoms with van der Waals surface area (Å²) in [7, 11) is 0. The standard InChI is InChI=1S/C15H12BrF4N/c1-9(21-14-12(16)6-3-7-13(14)17)10-4-2-5-11(8-10)15(18,19)20/h2-9,21H,1H3. The van der Waals surface area contributed by atoms with Gasteiger partial charge in [-0.3, -0.25) is 0 Å². The highest BCUT2D eigenvalue weighted by Gasteiger charge is 2.30. The molecule has 0 aromatic heterocycles. The van der Waals surface area contributed by atoms with Gasteiger partial charge in [-0.2, -0.15) is 13.2 Å². The molecular formula is C15H12BrF4N. The number of hydrogen-bond donors (Lipinski definition) is 1. The molecule has 0 bridgehead atoms. The average Bonchev–Trinajstić information content (AvgIpc) is 2.42. The Bertz CT molecular complexity index is 620. The molecule has 0 aliphatic rings. The molecule has 6 heteroatoms. The predicted molar refractivity (Wildman–Crippen MR) is 77.6 cm³/mol. The van der Waals surface area contributed by atoms with Crippen molar-refractivity contribution in [3.8, 4) is 0 Å². The zero-order valence-corrected chi connectivity index (χ0v) is 12.6. The third kappa shape index (κ3) is 3.75. The van der Waals surface area contributed by atoms with Crippen molar-refractivity contribution >= 4 is 21.6 Å². The molecule has 0 fully saturated rings. The Morgan fingerprint density at radius 1 is 1.10 bits per heavy atom. The molecule has 0 saturated carbocycles. The summed E-state index contributed by atoms with van der Waals surface area (Å²) in [6, 6.07) is 8.99. The van der Waals surface area contributed by atoms with Gasteiger partial charge in [0.1, 0.15) is 5.82 Å². The Kier molecular flexibility index (Phi) is 4.56. The Morgan fingerprint density at radius 3 is 2.38 bits per heavy atom. The minimum absolute atomic E-state index is 0.224. The van der Waals surface area contributed by atoms with Crippen LogP contribution in [0.2, 0.25) is 0 Å². The van der Waals surface area contributed by atoms with Crippen molar-refractivity contribution in [3.63, 3.8) is 0 Å². The van der Waals surface area contributed by atoms with Gasteiger partial charge in [0.2, 0.25) is 0 Å². The summed E-state index contributed by atoms with van der Waals surface area (Å²) in [5, 5.41) is 2.88. The maximum atomic E-state index is 13.7. The molecule has 112 valence electrons. The van der Waals surface area contributed by atoms with Crippen molar-refractivity contribution in [1.82, 2.24) is 0 Å². The molecule has 0 amide bonds. The second-order valence-corrected chi connectivity index (χ2v) is 5.44. The minimum atomic E-state index is -4.39. The van der Waals surface area contributed by atoms with Gasteiger partial charge >= 0.3 is 6.18 Å². The zero-order chi connectivity index (χ0) is 15.6. The molecule has 0 heterocycles. The Balaban J connectivity index is 2.27. The Morgan fingerprint density at radius 2 is 1.76 bits per heavy atom. The van der Waals surface area contributed by atoms with Crippen LogP contribution in [-0.2, 0) is 6.18 Å². The van der Waals surface area contributed by atoms with E-state index in [2.05, 4.69) is 21.2 Å². The summed E-state index contributed by atoms with van der Waals surface area (Å²) in [6.07, 6.45) is -4.39. The fraction of sp³-hybridized carbons (Fsp3) is 0.200. The normalized spacial score (nSPS) is 13.0. The SMILES string of the molecule is CC(Nc1c(F)cccc1Br)c1cccc(C(F)(F)F)c1. The molecule has 1 nitrogen and oxygen atoms in total. The van der Waals surface area contributed by atoms with Crippen molar-refractivity contribution in [3.05, 3.63) is 63.9 Å². The van der Waals surface area contributed by atoms with Crippen molar-refractivity contribution in [2.45, 2.75) is 19.1 Å². The second kappa shape index (κ2) is 6.05. The largest absolute Gasteiger partial charge is 0.416 e. The van der Waals surface area contributed by atoms with Crippen LogP contribution in [0.3, 0.4) is 0 Å². The summed E-state index contributed by atoms with van der Waals surface area (Å²) < 4.78 is 52.3. The van der Waals surface area contributed by atoms with E-state index in [4.69, 9.17) is 0 Å². The van der Waals surface area contributed by atoms with Gasteiger partial charge in [-0.1, -0.05) is 18.2 Å². The number of nitrogens with one attached hydrogen (secondary N) is 1. The minimum Gasteiger partial charge on any atom is -0.375 e. The van der Waals surface area contributed by atoms with Crippen LogP contribution in [-0.4, -0.2) is 0 Å². The van der Waals surface area contributed by atoms with Crippen LogP contribution in [0.1, 0.15) is 24.1 Å². The van der Waals surface area contributed by atoms with Gasteiger partial charge in [-0.25, -0.2) is 4.39 Å². The van der Waals surface area contributed by atoms with Crippen LogP contribution in [0, 0.1) is 5.82 Å².